The van der Waals surface area contributed by atoms with E-state index < -0.39 is 0 Å². The number of fused-ring (bicyclic) bond motifs is 1. The van der Waals surface area contributed by atoms with E-state index in [1.807, 2.05) is 0 Å². The Bertz CT molecular complexity index is 1110. The zero-order valence-corrected chi connectivity index (χ0v) is 18.0. The fraction of sp³-hybridized carbons (Fsp3) is 0.296. The summed E-state index contributed by atoms with van der Waals surface area (Å²) in [6.07, 6.45) is 4.58. The minimum atomic E-state index is 1.06. The maximum Gasteiger partial charge on any atom is 0.100 e. The molecule has 4 aromatic rings. The zero-order chi connectivity index (χ0) is 20.4. The number of benzene rings is 3. The van der Waals surface area contributed by atoms with Gasteiger partial charge in [0.1, 0.15) is 5.52 Å². The van der Waals surface area contributed by atoms with Gasteiger partial charge >= 0.3 is 0 Å². The lowest BCUT2D eigenvalue weighted by Crippen LogP contribution is -1.99. The maximum atomic E-state index is 4.95. The van der Waals surface area contributed by atoms with Crippen LogP contribution in [-0.2, 0) is 19.9 Å². The lowest BCUT2D eigenvalue weighted by atomic mass is 9.92. The molecule has 1 heterocycles. The lowest BCUT2D eigenvalue weighted by Gasteiger charge is -2.12. The van der Waals surface area contributed by atoms with Crippen molar-refractivity contribution >= 4 is 10.9 Å². The molecule has 1 aromatic heterocycles. The lowest BCUT2D eigenvalue weighted by molar-refractivity contribution is 0.665. The molecule has 2 nitrogen and oxygen atoms in total. The summed E-state index contributed by atoms with van der Waals surface area (Å²) in [5.74, 6) is 0. The Labute approximate surface area is 174 Å². The molecular formula is C27H30N2. The molecular weight excluding hydrogens is 352 g/mol. The van der Waals surface area contributed by atoms with Crippen molar-refractivity contribution < 1.29 is 0 Å². The van der Waals surface area contributed by atoms with Gasteiger partial charge in [-0.15, -0.1) is 0 Å². The van der Waals surface area contributed by atoms with Crippen LogP contribution in [-0.4, -0.2) is 9.78 Å². The first-order valence-corrected chi connectivity index (χ1v) is 10.6. The molecule has 2 heteroatoms. The van der Waals surface area contributed by atoms with Crippen molar-refractivity contribution in [3.63, 3.8) is 0 Å². The first-order chi connectivity index (χ1) is 14.0. The molecule has 0 aliphatic rings. The van der Waals surface area contributed by atoms with Crippen LogP contribution >= 0.6 is 0 Å². The van der Waals surface area contributed by atoms with Crippen LogP contribution in [0.5, 0.6) is 0 Å². The van der Waals surface area contributed by atoms with Gasteiger partial charge in [-0.25, -0.2) is 0 Å². The maximum absolute atomic E-state index is 4.95. The number of aryl methyl sites for hydroxylation is 6. The van der Waals surface area contributed by atoms with E-state index in [0.29, 0.717) is 0 Å². The summed E-state index contributed by atoms with van der Waals surface area (Å²) in [7, 11) is 2.09. The Morgan fingerprint density at radius 3 is 2.21 bits per heavy atom. The van der Waals surface area contributed by atoms with Gasteiger partial charge in [0.2, 0.25) is 0 Å². The smallest absolute Gasteiger partial charge is 0.100 e. The molecule has 0 fully saturated rings. The van der Waals surface area contributed by atoms with Crippen LogP contribution in [0.4, 0.5) is 0 Å². The highest BCUT2D eigenvalue weighted by Crippen LogP contribution is 2.34. The SMILES string of the molecule is Cc1cc(C)c(-c2cccc3c(CCCCc4ccccc4)n(C)nc23)c(C)c1. The molecule has 0 spiro atoms. The molecule has 0 radical (unpaired) electrons. The Morgan fingerprint density at radius 2 is 1.48 bits per heavy atom. The van der Waals surface area contributed by atoms with Gasteiger partial charge in [0.25, 0.3) is 0 Å². The Morgan fingerprint density at radius 1 is 0.793 bits per heavy atom. The van der Waals surface area contributed by atoms with Crippen molar-refractivity contribution in [2.45, 2.75) is 46.5 Å². The first kappa shape index (κ1) is 19.4. The molecule has 3 aromatic carbocycles. The van der Waals surface area contributed by atoms with E-state index in [1.165, 1.54) is 57.3 Å². The second kappa shape index (κ2) is 8.24. The first-order valence-electron chi connectivity index (χ1n) is 10.6. The number of hydrogen-bond acceptors (Lipinski definition) is 1. The Kier molecular flexibility index (Phi) is 5.53. The standard InChI is InChI=1S/C27H30N2/c1-19-17-20(2)26(21(3)18-19)24-15-10-14-23-25(29(4)28-27(23)24)16-9-8-13-22-11-6-5-7-12-22/h5-7,10-12,14-15,17-18H,8-9,13,16H2,1-4H3. The number of nitrogens with zero attached hydrogens (tertiary/aromatic N) is 2. The van der Waals surface area contributed by atoms with E-state index in [2.05, 4.69) is 93.2 Å². The summed E-state index contributed by atoms with van der Waals surface area (Å²) in [6.45, 7) is 6.59. The zero-order valence-electron chi connectivity index (χ0n) is 18.0. The molecule has 0 aliphatic heterocycles. The Balaban J connectivity index is 1.61. The van der Waals surface area contributed by atoms with E-state index in [-0.39, 0.29) is 0 Å². The van der Waals surface area contributed by atoms with Gasteiger partial charge in [-0.2, -0.15) is 5.10 Å². The van der Waals surface area contributed by atoms with Crippen molar-refractivity contribution in [3.8, 4) is 11.1 Å². The number of hydrogen-bond donors (Lipinski definition) is 0. The van der Waals surface area contributed by atoms with Crippen molar-refractivity contribution in [2.75, 3.05) is 0 Å². The van der Waals surface area contributed by atoms with Crippen LogP contribution in [0, 0.1) is 20.8 Å². The van der Waals surface area contributed by atoms with Crippen LogP contribution in [0.1, 0.15) is 40.8 Å². The third-order valence-corrected chi connectivity index (χ3v) is 5.91. The van der Waals surface area contributed by atoms with E-state index in [0.717, 1.165) is 18.4 Å². The van der Waals surface area contributed by atoms with E-state index in [1.54, 1.807) is 0 Å². The number of unbranched alkanes of at least 4 members (excludes halogenated alkanes) is 1. The van der Waals surface area contributed by atoms with E-state index in [9.17, 15) is 0 Å². The topological polar surface area (TPSA) is 17.8 Å². The molecule has 0 N–H and O–H groups in total. The third kappa shape index (κ3) is 3.98. The van der Waals surface area contributed by atoms with Crippen LogP contribution in [0.15, 0.2) is 60.7 Å². The van der Waals surface area contributed by atoms with Crippen molar-refractivity contribution in [1.29, 1.82) is 0 Å². The Hall–Kier alpha value is -2.87. The minimum Gasteiger partial charge on any atom is -0.271 e. The predicted molar refractivity (Wildman–Crippen MR) is 123 cm³/mol. The molecule has 0 bridgehead atoms. The molecule has 0 amide bonds. The molecule has 0 atom stereocenters. The van der Waals surface area contributed by atoms with Gasteiger partial charge in [0.05, 0.1) is 0 Å². The van der Waals surface area contributed by atoms with Crippen molar-refractivity contribution in [3.05, 3.63) is 88.6 Å². The van der Waals surface area contributed by atoms with Crippen LogP contribution in [0.25, 0.3) is 22.0 Å². The summed E-state index contributed by atoms with van der Waals surface area (Å²) >= 11 is 0. The van der Waals surface area contributed by atoms with Crippen LogP contribution < -0.4 is 0 Å². The van der Waals surface area contributed by atoms with Gasteiger partial charge in [-0.05, 0) is 68.7 Å². The highest BCUT2D eigenvalue weighted by atomic mass is 15.3. The van der Waals surface area contributed by atoms with Gasteiger partial charge < -0.3 is 0 Å². The predicted octanol–water partition coefficient (Wildman–Crippen LogP) is 6.73. The van der Waals surface area contributed by atoms with Gasteiger partial charge in [0.15, 0.2) is 0 Å². The minimum absolute atomic E-state index is 1.06. The number of rotatable bonds is 6. The van der Waals surface area contributed by atoms with Crippen LogP contribution in [0.2, 0.25) is 0 Å². The van der Waals surface area contributed by atoms with E-state index >= 15 is 0 Å². The molecule has 0 aliphatic carbocycles. The average Bonchev–Trinajstić information content (AvgIpc) is 3.01. The van der Waals surface area contributed by atoms with Gasteiger partial charge in [0, 0.05) is 23.7 Å². The third-order valence-electron chi connectivity index (χ3n) is 5.91. The summed E-state index contributed by atoms with van der Waals surface area (Å²) in [4.78, 5) is 0. The number of aromatic nitrogens is 2. The highest BCUT2D eigenvalue weighted by molar-refractivity contribution is 5.96. The normalized spacial score (nSPS) is 11.3. The molecule has 0 unspecified atom stereocenters. The highest BCUT2D eigenvalue weighted by Gasteiger charge is 2.16. The van der Waals surface area contributed by atoms with E-state index in [4.69, 9.17) is 5.10 Å². The van der Waals surface area contributed by atoms with Crippen molar-refractivity contribution in [2.24, 2.45) is 7.05 Å². The van der Waals surface area contributed by atoms with Crippen LogP contribution in [0.3, 0.4) is 0 Å². The molecule has 4 rings (SSSR count). The molecule has 29 heavy (non-hydrogen) atoms. The largest absolute Gasteiger partial charge is 0.271 e. The van der Waals surface area contributed by atoms with Gasteiger partial charge in [-0.3, -0.25) is 4.68 Å². The summed E-state index contributed by atoms with van der Waals surface area (Å²) < 4.78 is 2.09. The van der Waals surface area contributed by atoms with Gasteiger partial charge in [-0.1, -0.05) is 66.2 Å². The quantitative estimate of drug-likeness (QED) is 0.338. The second-order valence-electron chi connectivity index (χ2n) is 8.24. The fourth-order valence-corrected chi connectivity index (χ4v) is 4.64. The second-order valence-corrected chi connectivity index (χ2v) is 8.24. The summed E-state index contributed by atoms with van der Waals surface area (Å²) in [5, 5.41) is 6.24. The fourth-order valence-electron chi connectivity index (χ4n) is 4.64. The molecule has 0 saturated heterocycles. The summed E-state index contributed by atoms with van der Waals surface area (Å²) in [6, 6.07) is 22.0. The summed E-state index contributed by atoms with van der Waals surface area (Å²) in [5.41, 5.74) is 10.4. The monoisotopic (exact) mass is 382 g/mol. The molecule has 0 saturated carbocycles. The molecule has 148 valence electrons. The van der Waals surface area contributed by atoms with Crippen molar-refractivity contribution in [1.82, 2.24) is 9.78 Å². The average molecular weight is 383 g/mol.